The molecule has 0 aliphatic heterocycles. The van der Waals surface area contributed by atoms with E-state index in [1.54, 1.807) is 0 Å². The molecule has 0 fully saturated rings. The first-order chi connectivity index (χ1) is 6.24. The van der Waals surface area contributed by atoms with Crippen molar-refractivity contribution in [3.63, 3.8) is 0 Å². The Balaban J connectivity index is 2.85. The lowest BCUT2D eigenvalue weighted by molar-refractivity contribution is 1.11. The van der Waals surface area contributed by atoms with E-state index in [1.165, 1.54) is 26.8 Å². The smallest absolute Gasteiger partial charge is 0.0374 e. The Hall–Kier alpha value is -0.820. The van der Waals surface area contributed by atoms with Gasteiger partial charge in [-0.3, -0.25) is 0 Å². The predicted molar refractivity (Wildman–Crippen MR) is 60.7 cm³/mol. The van der Waals surface area contributed by atoms with Gasteiger partial charge < -0.3 is 0 Å². The zero-order chi connectivity index (χ0) is 9.42. The van der Waals surface area contributed by atoms with Crippen LogP contribution in [0.5, 0.6) is 0 Å². The quantitative estimate of drug-likeness (QED) is 0.635. The van der Waals surface area contributed by atoms with Gasteiger partial charge in [0.25, 0.3) is 0 Å². The molecule has 0 amide bonds. The minimum absolute atomic E-state index is 1.14. The number of thiophene rings is 1. The molecule has 0 atom stereocenters. The summed E-state index contributed by atoms with van der Waals surface area (Å²) in [5.74, 6) is 0. The van der Waals surface area contributed by atoms with Crippen LogP contribution in [-0.2, 0) is 6.42 Å². The third-order valence-electron chi connectivity index (χ3n) is 2.68. The molecule has 0 saturated heterocycles. The fraction of sp³-hybridized carbons (Fsp3) is 0.333. The maximum absolute atomic E-state index is 2.33. The van der Waals surface area contributed by atoms with E-state index in [1.807, 2.05) is 11.3 Å². The van der Waals surface area contributed by atoms with E-state index < -0.39 is 0 Å². The van der Waals surface area contributed by atoms with Crippen molar-refractivity contribution in [1.82, 2.24) is 0 Å². The van der Waals surface area contributed by atoms with Gasteiger partial charge in [-0.05, 0) is 53.8 Å². The molecule has 13 heavy (non-hydrogen) atoms. The summed E-state index contributed by atoms with van der Waals surface area (Å²) in [7, 11) is 0. The summed E-state index contributed by atoms with van der Waals surface area (Å²) >= 11 is 1.85. The molecule has 0 nitrogen and oxygen atoms in total. The maximum Gasteiger partial charge on any atom is 0.0374 e. The molecule has 0 bridgehead atoms. The average molecular weight is 190 g/mol. The summed E-state index contributed by atoms with van der Waals surface area (Å²) in [6.07, 6.45) is 1.14. The van der Waals surface area contributed by atoms with Crippen LogP contribution in [0.15, 0.2) is 17.5 Å². The first-order valence-electron chi connectivity index (χ1n) is 4.70. The molecule has 0 radical (unpaired) electrons. The van der Waals surface area contributed by atoms with Crippen LogP contribution in [0.3, 0.4) is 0 Å². The number of rotatable bonds is 1. The Kier molecular flexibility index (Phi) is 2.12. The number of fused-ring (bicyclic) bond motifs is 1. The van der Waals surface area contributed by atoms with Crippen molar-refractivity contribution in [3.05, 3.63) is 34.2 Å². The standard InChI is InChI=1S/C12H14S/c1-4-10-7-8(2)12-11(9(10)3)5-6-13-12/h5-7H,4H2,1-3H3. The van der Waals surface area contributed by atoms with E-state index in [0.29, 0.717) is 0 Å². The Morgan fingerprint density at radius 1 is 1.31 bits per heavy atom. The molecular weight excluding hydrogens is 176 g/mol. The summed E-state index contributed by atoms with van der Waals surface area (Å²) in [4.78, 5) is 0. The molecule has 0 unspecified atom stereocenters. The second-order valence-electron chi connectivity index (χ2n) is 3.49. The minimum atomic E-state index is 1.14. The lowest BCUT2D eigenvalue weighted by Gasteiger charge is -2.06. The number of benzene rings is 1. The van der Waals surface area contributed by atoms with Gasteiger partial charge in [0, 0.05) is 4.70 Å². The van der Waals surface area contributed by atoms with Gasteiger partial charge in [-0.2, -0.15) is 0 Å². The molecule has 0 spiro atoms. The molecule has 1 aromatic heterocycles. The number of hydrogen-bond acceptors (Lipinski definition) is 1. The normalized spacial score (nSPS) is 11.0. The van der Waals surface area contributed by atoms with Crippen molar-refractivity contribution < 1.29 is 0 Å². The highest BCUT2D eigenvalue weighted by atomic mass is 32.1. The Labute approximate surface area is 83.2 Å². The van der Waals surface area contributed by atoms with Gasteiger partial charge in [0.1, 0.15) is 0 Å². The van der Waals surface area contributed by atoms with Crippen molar-refractivity contribution >= 4 is 21.4 Å². The first kappa shape index (κ1) is 8.76. The summed E-state index contributed by atoms with van der Waals surface area (Å²) in [6, 6.07) is 4.57. The molecule has 2 rings (SSSR count). The molecule has 0 saturated carbocycles. The van der Waals surface area contributed by atoms with Crippen LogP contribution in [0, 0.1) is 13.8 Å². The van der Waals surface area contributed by atoms with Gasteiger partial charge in [0.2, 0.25) is 0 Å². The zero-order valence-electron chi connectivity index (χ0n) is 8.35. The van der Waals surface area contributed by atoms with Crippen LogP contribution in [0.1, 0.15) is 23.6 Å². The molecule has 2 aromatic rings. The van der Waals surface area contributed by atoms with Gasteiger partial charge in [0.05, 0.1) is 0 Å². The van der Waals surface area contributed by atoms with Gasteiger partial charge in [-0.1, -0.05) is 13.0 Å². The Morgan fingerprint density at radius 3 is 2.77 bits per heavy atom. The molecule has 0 aliphatic carbocycles. The van der Waals surface area contributed by atoms with E-state index in [0.717, 1.165) is 6.42 Å². The second kappa shape index (κ2) is 3.15. The van der Waals surface area contributed by atoms with Crippen molar-refractivity contribution in [1.29, 1.82) is 0 Å². The highest BCUT2D eigenvalue weighted by Gasteiger charge is 2.05. The summed E-state index contributed by atoms with van der Waals surface area (Å²) in [6.45, 7) is 6.66. The van der Waals surface area contributed by atoms with Gasteiger partial charge in [-0.25, -0.2) is 0 Å². The van der Waals surface area contributed by atoms with E-state index in [4.69, 9.17) is 0 Å². The average Bonchev–Trinajstić information content (AvgIpc) is 2.60. The lowest BCUT2D eigenvalue weighted by Crippen LogP contribution is -1.88. The minimum Gasteiger partial charge on any atom is -0.144 e. The van der Waals surface area contributed by atoms with Gasteiger partial charge >= 0.3 is 0 Å². The van der Waals surface area contributed by atoms with Crippen LogP contribution in [0.2, 0.25) is 0 Å². The van der Waals surface area contributed by atoms with Crippen molar-refractivity contribution in [3.8, 4) is 0 Å². The van der Waals surface area contributed by atoms with E-state index in [-0.39, 0.29) is 0 Å². The highest BCUT2D eigenvalue weighted by Crippen LogP contribution is 2.29. The van der Waals surface area contributed by atoms with Crippen LogP contribution in [0.4, 0.5) is 0 Å². The van der Waals surface area contributed by atoms with Crippen LogP contribution in [0.25, 0.3) is 10.1 Å². The first-order valence-corrected chi connectivity index (χ1v) is 5.58. The van der Waals surface area contributed by atoms with Crippen molar-refractivity contribution in [2.24, 2.45) is 0 Å². The molecule has 1 aromatic carbocycles. The van der Waals surface area contributed by atoms with Crippen molar-refractivity contribution in [2.45, 2.75) is 27.2 Å². The van der Waals surface area contributed by atoms with E-state index in [2.05, 4.69) is 38.3 Å². The molecule has 0 aliphatic rings. The third-order valence-corrected chi connectivity index (χ3v) is 3.73. The van der Waals surface area contributed by atoms with Gasteiger partial charge in [0.15, 0.2) is 0 Å². The number of aryl methyl sites for hydroxylation is 3. The fourth-order valence-electron chi connectivity index (χ4n) is 1.89. The molecular formula is C12H14S. The maximum atomic E-state index is 2.33. The van der Waals surface area contributed by atoms with Crippen LogP contribution in [-0.4, -0.2) is 0 Å². The Morgan fingerprint density at radius 2 is 2.08 bits per heavy atom. The molecule has 0 N–H and O–H groups in total. The lowest BCUT2D eigenvalue weighted by atomic mass is 10.00. The number of hydrogen-bond donors (Lipinski definition) is 0. The predicted octanol–water partition coefficient (Wildman–Crippen LogP) is 4.08. The van der Waals surface area contributed by atoms with Crippen LogP contribution < -0.4 is 0 Å². The summed E-state index contributed by atoms with van der Waals surface area (Å²) in [5, 5.41) is 3.63. The fourth-order valence-corrected chi connectivity index (χ4v) is 2.82. The zero-order valence-corrected chi connectivity index (χ0v) is 9.16. The van der Waals surface area contributed by atoms with Gasteiger partial charge in [-0.15, -0.1) is 11.3 Å². The van der Waals surface area contributed by atoms with Crippen LogP contribution >= 0.6 is 11.3 Å². The second-order valence-corrected chi connectivity index (χ2v) is 4.41. The summed E-state index contributed by atoms with van der Waals surface area (Å²) in [5.41, 5.74) is 4.38. The molecule has 68 valence electrons. The van der Waals surface area contributed by atoms with E-state index >= 15 is 0 Å². The SMILES string of the molecule is CCc1cc(C)c2sccc2c1C. The molecule has 1 heteroatoms. The monoisotopic (exact) mass is 190 g/mol. The van der Waals surface area contributed by atoms with E-state index in [9.17, 15) is 0 Å². The largest absolute Gasteiger partial charge is 0.144 e. The summed E-state index contributed by atoms with van der Waals surface area (Å²) < 4.78 is 1.45. The Bertz CT molecular complexity index is 438. The topological polar surface area (TPSA) is 0 Å². The molecule has 1 heterocycles. The van der Waals surface area contributed by atoms with Crippen molar-refractivity contribution in [2.75, 3.05) is 0 Å². The highest BCUT2D eigenvalue weighted by molar-refractivity contribution is 7.17. The third kappa shape index (κ3) is 1.28.